The van der Waals surface area contributed by atoms with Crippen molar-refractivity contribution in [2.45, 2.75) is 6.92 Å². The van der Waals surface area contributed by atoms with Gasteiger partial charge in [0.15, 0.2) is 0 Å². The smallest absolute Gasteiger partial charge is 0.270 e. The van der Waals surface area contributed by atoms with E-state index in [0.29, 0.717) is 0 Å². The third-order valence-electron chi connectivity index (χ3n) is 3.25. The first-order valence-electron chi connectivity index (χ1n) is 5.98. The lowest BCUT2D eigenvalue weighted by molar-refractivity contribution is -0.384. The van der Waals surface area contributed by atoms with Crippen LogP contribution in [0.4, 0.5) is 5.69 Å². The Morgan fingerprint density at radius 3 is 2.63 bits per heavy atom. The average molecular weight is 252 g/mol. The molecule has 0 atom stereocenters. The number of aromatic nitrogens is 1. The number of aryl methyl sites for hydroxylation is 1. The molecule has 3 rings (SSSR count). The molecule has 1 aromatic heterocycles. The molecule has 4 nitrogen and oxygen atoms in total. The molecule has 0 unspecified atom stereocenters. The average Bonchev–Trinajstić information content (AvgIpc) is 2.81. The number of H-pyrrole nitrogens is 1. The van der Waals surface area contributed by atoms with Gasteiger partial charge < -0.3 is 4.98 Å². The molecule has 4 heteroatoms. The van der Waals surface area contributed by atoms with Crippen LogP contribution in [0.5, 0.6) is 0 Å². The van der Waals surface area contributed by atoms with Crippen LogP contribution in [0.3, 0.4) is 0 Å². The summed E-state index contributed by atoms with van der Waals surface area (Å²) >= 11 is 0. The number of hydrogen-bond donors (Lipinski definition) is 1. The molecule has 0 saturated carbocycles. The van der Waals surface area contributed by atoms with Crippen LogP contribution in [-0.2, 0) is 0 Å². The van der Waals surface area contributed by atoms with E-state index in [1.807, 2.05) is 37.3 Å². The highest BCUT2D eigenvalue weighted by atomic mass is 16.6. The van der Waals surface area contributed by atoms with E-state index in [-0.39, 0.29) is 10.6 Å². The molecule has 19 heavy (non-hydrogen) atoms. The third kappa shape index (κ3) is 1.97. The summed E-state index contributed by atoms with van der Waals surface area (Å²) in [7, 11) is 0. The van der Waals surface area contributed by atoms with Crippen LogP contribution in [-0.4, -0.2) is 9.91 Å². The summed E-state index contributed by atoms with van der Waals surface area (Å²) in [5.41, 5.74) is 4.28. The van der Waals surface area contributed by atoms with Crippen LogP contribution >= 0.6 is 0 Å². The Hall–Kier alpha value is -2.62. The normalized spacial score (nSPS) is 10.8. The van der Waals surface area contributed by atoms with Crippen molar-refractivity contribution in [3.63, 3.8) is 0 Å². The number of hydrogen-bond acceptors (Lipinski definition) is 2. The first-order chi connectivity index (χ1) is 9.15. The predicted octanol–water partition coefficient (Wildman–Crippen LogP) is 4.05. The Labute approximate surface area is 109 Å². The molecule has 2 aromatic carbocycles. The van der Waals surface area contributed by atoms with Crippen LogP contribution < -0.4 is 0 Å². The molecule has 0 aliphatic rings. The first kappa shape index (κ1) is 11.5. The number of nitro groups is 1. The van der Waals surface area contributed by atoms with E-state index < -0.39 is 0 Å². The molecule has 0 amide bonds. The molecule has 1 heterocycles. The van der Waals surface area contributed by atoms with Crippen molar-refractivity contribution >= 4 is 16.6 Å². The van der Waals surface area contributed by atoms with Crippen molar-refractivity contribution in [1.29, 1.82) is 0 Å². The van der Waals surface area contributed by atoms with Gasteiger partial charge in [-0.1, -0.05) is 24.3 Å². The minimum absolute atomic E-state index is 0.114. The molecule has 0 radical (unpaired) electrons. The molecule has 0 bridgehead atoms. The lowest BCUT2D eigenvalue weighted by Crippen LogP contribution is -1.86. The predicted molar refractivity (Wildman–Crippen MR) is 75.1 cm³/mol. The standard InChI is InChI=1S/C15H12N2O2/c1-10-4-2-3-5-13(10)15-9-11-8-12(17(18)19)6-7-14(11)16-15/h2-9,16H,1H3. The highest BCUT2D eigenvalue weighted by Crippen LogP contribution is 2.28. The summed E-state index contributed by atoms with van der Waals surface area (Å²) in [6.07, 6.45) is 0. The Bertz CT molecular complexity index is 775. The SMILES string of the molecule is Cc1ccccc1-c1cc2cc([N+](=O)[O-])ccc2[nH]1. The number of nitrogens with zero attached hydrogens (tertiary/aromatic N) is 1. The maximum absolute atomic E-state index is 10.8. The number of nitrogens with one attached hydrogen (secondary N) is 1. The van der Waals surface area contributed by atoms with E-state index in [9.17, 15) is 10.1 Å². The Balaban J connectivity index is 2.17. The maximum Gasteiger partial charge on any atom is 0.270 e. The van der Waals surface area contributed by atoms with Crippen LogP contribution in [0.25, 0.3) is 22.2 Å². The van der Waals surface area contributed by atoms with Gasteiger partial charge in [0.1, 0.15) is 0 Å². The fourth-order valence-electron chi connectivity index (χ4n) is 2.25. The van der Waals surface area contributed by atoms with Gasteiger partial charge in [0, 0.05) is 34.3 Å². The number of rotatable bonds is 2. The Morgan fingerprint density at radius 2 is 1.89 bits per heavy atom. The monoisotopic (exact) mass is 252 g/mol. The number of fused-ring (bicyclic) bond motifs is 1. The zero-order valence-corrected chi connectivity index (χ0v) is 10.4. The molecule has 0 aliphatic heterocycles. The molecule has 1 N–H and O–H groups in total. The second-order valence-electron chi connectivity index (χ2n) is 4.53. The maximum atomic E-state index is 10.8. The molecule has 0 saturated heterocycles. The van der Waals surface area contributed by atoms with Crippen LogP contribution in [0.2, 0.25) is 0 Å². The topological polar surface area (TPSA) is 58.9 Å². The number of aromatic amines is 1. The van der Waals surface area contributed by atoms with E-state index in [1.54, 1.807) is 12.1 Å². The Morgan fingerprint density at radius 1 is 1.11 bits per heavy atom. The zero-order chi connectivity index (χ0) is 13.4. The number of nitro benzene ring substituents is 1. The summed E-state index contributed by atoms with van der Waals surface area (Å²) in [5, 5.41) is 11.6. The summed E-state index contributed by atoms with van der Waals surface area (Å²) in [6.45, 7) is 2.04. The fourth-order valence-corrected chi connectivity index (χ4v) is 2.25. The van der Waals surface area contributed by atoms with Crippen molar-refractivity contribution in [3.05, 3.63) is 64.2 Å². The lowest BCUT2D eigenvalue weighted by atomic mass is 10.1. The van der Waals surface area contributed by atoms with Crippen molar-refractivity contribution in [1.82, 2.24) is 4.98 Å². The van der Waals surface area contributed by atoms with Crippen molar-refractivity contribution in [3.8, 4) is 11.3 Å². The Kier molecular flexibility index (Phi) is 2.56. The van der Waals surface area contributed by atoms with Gasteiger partial charge in [0.05, 0.1) is 4.92 Å². The van der Waals surface area contributed by atoms with E-state index in [0.717, 1.165) is 22.2 Å². The van der Waals surface area contributed by atoms with Gasteiger partial charge in [0.2, 0.25) is 0 Å². The van der Waals surface area contributed by atoms with Gasteiger partial charge in [-0.05, 0) is 24.6 Å². The van der Waals surface area contributed by atoms with Gasteiger partial charge in [0.25, 0.3) is 5.69 Å². The van der Waals surface area contributed by atoms with Crippen LogP contribution in [0, 0.1) is 17.0 Å². The largest absolute Gasteiger partial charge is 0.355 e. The molecular formula is C15H12N2O2. The van der Waals surface area contributed by atoms with Gasteiger partial charge in [-0.2, -0.15) is 0 Å². The fraction of sp³-hybridized carbons (Fsp3) is 0.0667. The molecule has 94 valence electrons. The lowest BCUT2D eigenvalue weighted by Gasteiger charge is -2.01. The molecular weight excluding hydrogens is 240 g/mol. The molecule has 3 aromatic rings. The highest BCUT2D eigenvalue weighted by molar-refractivity contribution is 5.88. The minimum Gasteiger partial charge on any atom is -0.355 e. The zero-order valence-electron chi connectivity index (χ0n) is 10.4. The minimum atomic E-state index is -0.375. The van der Waals surface area contributed by atoms with Crippen LogP contribution in [0.1, 0.15) is 5.56 Å². The summed E-state index contributed by atoms with van der Waals surface area (Å²) in [5.74, 6) is 0. The van der Waals surface area contributed by atoms with Gasteiger partial charge in [-0.15, -0.1) is 0 Å². The molecule has 0 spiro atoms. The van der Waals surface area contributed by atoms with Crippen molar-refractivity contribution in [2.24, 2.45) is 0 Å². The van der Waals surface area contributed by atoms with Gasteiger partial charge in [-0.3, -0.25) is 10.1 Å². The third-order valence-corrected chi connectivity index (χ3v) is 3.25. The highest BCUT2D eigenvalue weighted by Gasteiger charge is 2.10. The molecule has 0 aliphatic carbocycles. The number of non-ortho nitro benzene ring substituents is 1. The first-order valence-corrected chi connectivity index (χ1v) is 5.98. The number of benzene rings is 2. The van der Waals surface area contributed by atoms with E-state index in [1.165, 1.54) is 11.6 Å². The molecule has 0 fully saturated rings. The summed E-state index contributed by atoms with van der Waals surface area (Å²) in [6, 6.07) is 14.9. The summed E-state index contributed by atoms with van der Waals surface area (Å²) in [4.78, 5) is 13.7. The van der Waals surface area contributed by atoms with Gasteiger partial charge >= 0.3 is 0 Å². The summed E-state index contributed by atoms with van der Waals surface area (Å²) < 4.78 is 0. The van der Waals surface area contributed by atoms with Gasteiger partial charge in [-0.25, -0.2) is 0 Å². The van der Waals surface area contributed by atoms with E-state index in [2.05, 4.69) is 4.98 Å². The van der Waals surface area contributed by atoms with E-state index in [4.69, 9.17) is 0 Å². The van der Waals surface area contributed by atoms with E-state index >= 15 is 0 Å². The van der Waals surface area contributed by atoms with Crippen molar-refractivity contribution in [2.75, 3.05) is 0 Å². The van der Waals surface area contributed by atoms with Crippen LogP contribution in [0.15, 0.2) is 48.5 Å². The van der Waals surface area contributed by atoms with Crippen molar-refractivity contribution < 1.29 is 4.92 Å². The quantitative estimate of drug-likeness (QED) is 0.552. The second kappa shape index (κ2) is 4.24. The second-order valence-corrected chi connectivity index (χ2v) is 4.53.